The van der Waals surface area contributed by atoms with Crippen molar-refractivity contribution >= 4 is 22.8 Å². The first-order valence-corrected chi connectivity index (χ1v) is 12.2. The number of carbonyl (C=O) groups is 2. The van der Waals surface area contributed by atoms with Gasteiger partial charge in [0.05, 0.1) is 24.6 Å². The predicted molar refractivity (Wildman–Crippen MR) is 142 cm³/mol. The molecule has 1 aromatic heterocycles. The zero-order valence-electron chi connectivity index (χ0n) is 21.7. The maximum Gasteiger partial charge on any atom is 0.330 e. The molecule has 1 saturated heterocycles. The number of H-pyrrole nitrogens is 1. The molecule has 0 bridgehead atoms. The van der Waals surface area contributed by atoms with Gasteiger partial charge >= 0.3 is 5.97 Å². The number of carboxylic acid groups (broad SMARTS) is 1. The van der Waals surface area contributed by atoms with Crippen LogP contribution in [0.2, 0.25) is 0 Å². The fraction of sp³-hybridized carbons (Fsp3) is 0.370. The Kier molecular flexibility index (Phi) is 9.80. The lowest BCUT2D eigenvalue weighted by Crippen LogP contribution is -2.56. The maximum atomic E-state index is 14.3. The topological polar surface area (TPSA) is 138 Å². The molecular weight excluding hydrogens is 495 g/mol. The number of piperazine rings is 1. The highest BCUT2D eigenvalue weighted by molar-refractivity contribution is 6.00. The summed E-state index contributed by atoms with van der Waals surface area (Å²) in [5, 5.41) is 8.82. The number of aromatic amines is 1. The SMILES string of the molecule is CCCOc1ccc(F)c2c(=O)c(-c3ccc(OC)cc3)c[nH]c12.CN1CCN(C(C(N)=O)C(=O)O)CC1. The number of nitrogens with zero attached hydrogens (tertiary/aromatic N) is 2. The number of amides is 1. The minimum absolute atomic E-state index is 0.0110. The molecule has 10 nitrogen and oxygen atoms in total. The van der Waals surface area contributed by atoms with E-state index >= 15 is 0 Å². The molecule has 1 aliphatic rings. The number of primary amides is 1. The third kappa shape index (κ3) is 6.67. The molecule has 1 amide bonds. The lowest BCUT2D eigenvalue weighted by atomic mass is 10.0. The summed E-state index contributed by atoms with van der Waals surface area (Å²) < 4.78 is 25.0. The number of nitrogens with two attached hydrogens (primary N) is 1. The van der Waals surface area contributed by atoms with Crippen molar-refractivity contribution < 1.29 is 28.6 Å². The number of rotatable bonds is 8. The minimum Gasteiger partial charge on any atom is -0.497 e. The molecule has 0 radical (unpaired) electrons. The van der Waals surface area contributed by atoms with Gasteiger partial charge in [0.1, 0.15) is 17.3 Å². The van der Waals surface area contributed by atoms with Crippen LogP contribution in [0.4, 0.5) is 4.39 Å². The molecule has 3 aromatic rings. The van der Waals surface area contributed by atoms with Crippen LogP contribution in [0.3, 0.4) is 0 Å². The number of hydrogen-bond donors (Lipinski definition) is 3. The molecule has 1 unspecified atom stereocenters. The van der Waals surface area contributed by atoms with E-state index in [9.17, 15) is 18.8 Å². The van der Waals surface area contributed by atoms with E-state index in [1.165, 1.54) is 12.1 Å². The van der Waals surface area contributed by atoms with Crippen molar-refractivity contribution in [1.82, 2.24) is 14.8 Å². The van der Waals surface area contributed by atoms with Gasteiger partial charge in [0, 0.05) is 37.9 Å². The number of ether oxygens (including phenoxy) is 2. The molecule has 4 rings (SSSR count). The number of carboxylic acids is 1. The average Bonchev–Trinajstić information content (AvgIpc) is 2.90. The van der Waals surface area contributed by atoms with Gasteiger partial charge in [0.2, 0.25) is 5.91 Å². The highest BCUT2D eigenvalue weighted by atomic mass is 19.1. The Bertz CT molecular complexity index is 1310. The van der Waals surface area contributed by atoms with Crippen molar-refractivity contribution in [3.05, 3.63) is 58.6 Å². The van der Waals surface area contributed by atoms with Gasteiger partial charge in [-0.05, 0) is 43.3 Å². The Morgan fingerprint density at radius 3 is 2.34 bits per heavy atom. The molecule has 1 fully saturated rings. The number of carbonyl (C=O) groups excluding carboxylic acids is 1. The number of hydrogen-bond acceptors (Lipinski definition) is 7. The molecule has 1 atom stereocenters. The quantitative estimate of drug-likeness (QED) is 0.379. The van der Waals surface area contributed by atoms with E-state index in [1.807, 2.05) is 14.0 Å². The Morgan fingerprint density at radius 2 is 1.79 bits per heavy atom. The first-order valence-electron chi connectivity index (χ1n) is 12.2. The molecule has 204 valence electrons. The van der Waals surface area contributed by atoms with E-state index in [0.29, 0.717) is 47.8 Å². The number of aliphatic carboxylic acids is 1. The van der Waals surface area contributed by atoms with E-state index in [0.717, 1.165) is 19.5 Å². The lowest BCUT2D eigenvalue weighted by Gasteiger charge is -2.34. The third-order valence-corrected chi connectivity index (χ3v) is 6.22. The zero-order chi connectivity index (χ0) is 27.8. The van der Waals surface area contributed by atoms with Gasteiger partial charge in [-0.2, -0.15) is 0 Å². The van der Waals surface area contributed by atoms with Crippen molar-refractivity contribution in [2.45, 2.75) is 19.4 Å². The second kappa shape index (κ2) is 13.0. The van der Waals surface area contributed by atoms with Crippen LogP contribution in [0, 0.1) is 5.82 Å². The van der Waals surface area contributed by atoms with Gasteiger partial charge in [0.15, 0.2) is 11.5 Å². The summed E-state index contributed by atoms with van der Waals surface area (Å²) in [7, 11) is 3.53. The molecular formula is C27H33FN4O6. The number of nitrogens with one attached hydrogen (secondary N) is 1. The van der Waals surface area contributed by atoms with Gasteiger partial charge < -0.3 is 30.2 Å². The summed E-state index contributed by atoms with van der Waals surface area (Å²) in [6, 6.07) is 8.68. The van der Waals surface area contributed by atoms with E-state index in [2.05, 4.69) is 9.88 Å². The standard InChI is InChI=1S/C19H18FNO3.C8H15N3O3/c1-3-10-24-16-9-8-15(20)17-18(16)21-11-14(19(17)22)12-4-6-13(23-2)7-5-12;1-10-2-4-11(5-3-10)6(7(9)12)8(13)14/h4-9,11H,3,10H2,1-2H3,(H,21,22);6H,2-5H2,1H3,(H2,9,12)(H,13,14). The normalized spacial score (nSPS) is 14.8. The van der Waals surface area contributed by atoms with Crippen molar-refractivity contribution in [2.24, 2.45) is 5.73 Å². The van der Waals surface area contributed by atoms with Crippen LogP contribution in [0.1, 0.15) is 13.3 Å². The van der Waals surface area contributed by atoms with Crippen molar-refractivity contribution in [1.29, 1.82) is 0 Å². The van der Waals surface area contributed by atoms with Crippen LogP contribution in [-0.2, 0) is 9.59 Å². The Labute approximate surface area is 219 Å². The number of benzene rings is 2. The Hall–Kier alpha value is -3.96. The van der Waals surface area contributed by atoms with Crippen molar-refractivity contribution in [3.63, 3.8) is 0 Å². The average molecular weight is 529 g/mol. The largest absolute Gasteiger partial charge is 0.497 e. The van der Waals surface area contributed by atoms with Crippen LogP contribution in [0.15, 0.2) is 47.4 Å². The summed E-state index contributed by atoms with van der Waals surface area (Å²) >= 11 is 0. The molecule has 2 heterocycles. The van der Waals surface area contributed by atoms with Crippen LogP contribution >= 0.6 is 0 Å². The number of aromatic nitrogens is 1. The van der Waals surface area contributed by atoms with Gasteiger partial charge in [-0.3, -0.25) is 14.5 Å². The van der Waals surface area contributed by atoms with Gasteiger partial charge in [-0.25, -0.2) is 9.18 Å². The molecule has 2 aromatic carbocycles. The van der Waals surface area contributed by atoms with Gasteiger partial charge in [-0.15, -0.1) is 0 Å². The molecule has 1 aliphatic heterocycles. The zero-order valence-corrected chi connectivity index (χ0v) is 21.7. The second-order valence-electron chi connectivity index (χ2n) is 8.89. The Morgan fingerprint density at radius 1 is 1.13 bits per heavy atom. The minimum atomic E-state index is -1.18. The summed E-state index contributed by atoms with van der Waals surface area (Å²) in [5.74, 6) is -1.35. The monoisotopic (exact) mass is 528 g/mol. The predicted octanol–water partition coefficient (Wildman–Crippen LogP) is 2.30. The molecule has 0 aliphatic carbocycles. The van der Waals surface area contributed by atoms with E-state index < -0.39 is 23.7 Å². The molecule has 0 saturated carbocycles. The third-order valence-electron chi connectivity index (χ3n) is 6.22. The number of pyridine rings is 1. The van der Waals surface area contributed by atoms with Crippen molar-refractivity contribution in [3.8, 4) is 22.6 Å². The summed E-state index contributed by atoms with van der Waals surface area (Å²) in [4.78, 5) is 41.1. The van der Waals surface area contributed by atoms with E-state index in [4.69, 9.17) is 20.3 Å². The van der Waals surface area contributed by atoms with Crippen LogP contribution in [0.25, 0.3) is 22.0 Å². The smallest absolute Gasteiger partial charge is 0.330 e. The fourth-order valence-corrected chi connectivity index (χ4v) is 4.12. The van der Waals surface area contributed by atoms with Gasteiger partial charge in [0.25, 0.3) is 0 Å². The molecule has 4 N–H and O–H groups in total. The van der Waals surface area contributed by atoms with Crippen LogP contribution < -0.4 is 20.6 Å². The second-order valence-corrected chi connectivity index (χ2v) is 8.89. The summed E-state index contributed by atoms with van der Waals surface area (Å²) in [5.41, 5.74) is 6.13. The van der Waals surface area contributed by atoms with Crippen LogP contribution in [0.5, 0.6) is 11.5 Å². The number of likely N-dealkylation sites (N-methyl/N-ethyl adjacent to an activating group) is 1. The molecule has 11 heteroatoms. The number of methoxy groups -OCH3 is 1. The van der Waals surface area contributed by atoms with Crippen LogP contribution in [-0.4, -0.2) is 84.8 Å². The molecule has 0 spiro atoms. The first-order chi connectivity index (χ1) is 18.2. The number of halogens is 1. The fourth-order valence-electron chi connectivity index (χ4n) is 4.12. The Balaban J connectivity index is 0.000000244. The van der Waals surface area contributed by atoms with Crippen molar-refractivity contribution in [2.75, 3.05) is 46.9 Å². The van der Waals surface area contributed by atoms with E-state index in [1.54, 1.807) is 42.5 Å². The summed E-state index contributed by atoms with van der Waals surface area (Å²) in [6.45, 7) is 5.14. The van der Waals surface area contributed by atoms with E-state index in [-0.39, 0.29) is 10.8 Å². The highest BCUT2D eigenvalue weighted by Crippen LogP contribution is 2.27. The highest BCUT2D eigenvalue weighted by Gasteiger charge is 2.32. The summed E-state index contributed by atoms with van der Waals surface area (Å²) in [6.07, 6.45) is 2.41. The number of fused-ring (bicyclic) bond motifs is 1. The molecule has 38 heavy (non-hydrogen) atoms. The first kappa shape index (κ1) is 28.6. The lowest BCUT2D eigenvalue weighted by molar-refractivity contribution is -0.148. The van der Waals surface area contributed by atoms with Gasteiger partial charge in [-0.1, -0.05) is 19.1 Å². The maximum absolute atomic E-state index is 14.3.